The Labute approximate surface area is 166 Å². The average Bonchev–Trinajstić information content (AvgIpc) is 3.16. The number of methoxy groups -OCH3 is 1. The summed E-state index contributed by atoms with van der Waals surface area (Å²) in [5.74, 6) is -0.471. The molecule has 1 saturated heterocycles. The molecule has 154 valence electrons. The number of carbonyl (C=O) groups excluding carboxylic acids is 1. The first-order valence-corrected chi connectivity index (χ1v) is 8.53. The van der Waals surface area contributed by atoms with E-state index in [1.807, 2.05) is 0 Å². The van der Waals surface area contributed by atoms with Crippen molar-refractivity contribution in [3.63, 3.8) is 0 Å². The van der Waals surface area contributed by atoms with Gasteiger partial charge in [0.1, 0.15) is 5.75 Å². The quantitative estimate of drug-likeness (QED) is 0.778. The van der Waals surface area contributed by atoms with Crippen molar-refractivity contribution in [3.05, 3.63) is 41.2 Å². The fourth-order valence-corrected chi connectivity index (χ4v) is 3.00. The number of hydrogen-bond donors (Lipinski definition) is 2. The van der Waals surface area contributed by atoms with Crippen LogP contribution in [0.4, 0.5) is 13.2 Å². The van der Waals surface area contributed by atoms with Crippen LogP contribution >= 0.6 is 12.4 Å². The lowest BCUT2D eigenvalue weighted by Crippen LogP contribution is -2.29. The van der Waals surface area contributed by atoms with Crippen LogP contribution in [0, 0.1) is 0 Å². The molecule has 2 heterocycles. The zero-order chi connectivity index (χ0) is 19.4. The van der Waals surface area contributed by atoms with Gasteiger partial charge in [-0.3, -0.25) is 4.79 Å². The largest absolute Gasteiger partial charge is 0.497 e. The number of amides is 1. The molecule has 1 aliphatic rings. The molecule has 0 saturated carbocycles. The number of rotatable bonds is 5. The third-order valence-corrected chi connectivity index (χ3v) is 4.49. The molecular weight excluding hydrogens is 399 g/mol. The fourth-order valence-electron chi connectivity index (χ4n) is 3.00. The van der Waals surface area contributed by atoms with Crippen LogP contribution in [0.3, 0.4) is 0 Å². The molecule has 2 N–H and O–H groups in total. The van der Waals surface area contributed by atoms with Crippen LogP contribution in [-0.2, 0) is 12.7 Å². The van der Waals surface area contributed by atoms with E-state index in [-0.39, 0.29) is 42.0 Å². The minimum Gasteiger partial charge on any atom is -0.497 e. The Morgan fingerprint density at radius 1 is 1.36 bits per heavy atom. The Hall–Kier alpha value is -2.33. The predicted octanol–water partition coefficient (Wildman–Crippen LogP) is 2.58. The van der Waals surface area contributed by atoms with E-state index in [9.17, 15) is 18.0 Å². The van der Waals surface area contributed by atoms with Gasteiger partial charge in [0.05, 0.1) is 24.9 Å². The highest BCUT2D eigenvalue weighted by Gasteiger charge is 2.34. The SMILES string of the molecule is COc1ccc(CNC(=O)c2cn(C3CCNCC3)nn2)c(C(F)(F)F)c1.Cl. The standard InChI is InChI=1S/C17H20F3N5O2.ClH/c1-27-13-3-2-11(14(8-13)17(18,19)20)9-22-16(26)15-10-25(24-23-15)12-4-6-21-7-5-12;/h2-3,8,10,12,21H,4-7,9H2,1H3,(H,22,26);1H. The number of nitrogens with zero attached hydrogens (tertiary/aromatic N) is 3. The van der Waals surface area contributed by atoms with Gasteiger partial charge >= 0.3 is 6.18 Å². The van der Waals surface area contributed by atoms with Crippen LogP contribution in [-0.4, -0.2) is 41.1 Å². The number of piperidine rings is 1. The van der Waals surface area contributed by atoms with Gasteiger partial charge in [-0.25, -0.2) is 4.68 Å². The van der Waals surface area contributed by atoms with E-state index < -0.39 is 17.6 Å². The summed E-state index contributed by atoms with van der Waals surface area (Å²) < 4.78 is 46.2. The van der Waals surface area contributed by atoms with Crippen molar-refractivity contribution in [1.29, 1.82) is 0 Å². The van der Waals surface area contributed by atoms with Crippen molar-refractivity contribution in [1.82, 2.24) is 25.6 Å². The molecule has 1 aromatic heterocycles. The molecule has 0 radical (unpaired) electrons. The van der Waals surface area contributed by atoms with E-state index in [1.54, 1.807) is 4.68 Å². The first kappa shape index (κ1) is 22.0. The Bertz CT molecular complexity index is 806. The molecule has 1 fully saturated rings. The Balaban J connectivity index is 0.00000280. The van der Waals surface area contributed by atoms with Crippen molar-refractivity contribution in [3.8, 4) is 5.75 Å². The first-order chi connectivity index (χ1) is 12.9. The summed E-state index contributed by atoms with van der Waals surface area (Å²) in [6, 6.07) is 3.78. The lowest BCUT2D eigenvalue weighted by Gasteiger charge is -2.22. The van der Waals surface area contributed by atoms with Crippen LogP contribution in [0.25, 0.3) is 0 Å². The Morgan fingerprint density at radius 2 is 2.07 bits per heavy atom. The van der Waals surface area contributed by atoms with Gasteiger partial charge < -0.3 is 15.4 Å². The third-order valence-electron chi connectivity index (χ3n) is 4.49. The van der Waals surface area contributed by atoms with Gasteiger partial charge in [-0.05, 0) is 43.6 Å². The minimum atomic E-state index is -4.55. The zero-order valence-corrected chi connectivity index (χ0v) is 15.9. The molecule has 0 atom stereocenters. The van der Waals surface area contributed by atoms with Gasteiger partial charge in [-0.2, -0.15) is 13.2 Å². The second-order valence-electron chi connectivity index (χ2n) is 6.27. The van der Waals surface area contributed by atoms with Crippen LogP contribution in [0.5, 0.6) is 5.75 Å². The van der Waals surface area contributed by atoms with Gasteiger partial charge in [-0.1, -0.05) is 11.3 Å². The molecule has 0 spiro atoms. The Morgan fingerprint density at radius 3 is 2.71 bits per heavy atom. The molecule has 28 heavy (non-hydrogen) atoms. The maximum atomic E-state index is 13.2. The van der Waals surface area contributed by atoms with Gasteiger partial charge in [0, 0.05) is 6.54 Å². The van der Waals surface area contributed by atoms with E-state index in [1.165, 1.54) is 25.4 Å². The van der Waals surface area contributed by atoms with Gasteiger partial charge in [0.2, 0.25) is 0 Å². The molecule has 1 amide bonds. The average molecular weight is 420 g/mol. The molecule has 1 aliphatic heterocycles. The second-order valence-corrected chi connectivity index (χ2v) is 6.27. The second kappa shape index (κ2) is 9.24. The summed E-state index contributed by atoms with van der Waals surface area (Å²) in [7, 11) is 1.29. The summed E-state index contributed by atoms with van der Waals surface area (Å²) in [5, 5.41) is 13.5. The number of alkyl halides is 3. The number of halogens is 4. The van der Waals surface area contributed by atoms with Crippen LogP contribution in [0.1, 0.15) is 40.5 Å². The zero-order valence-electron chi connectivity index (χ0n) is 15.1. The molecule has 0 unspecified atom stereocenters. The van der Waals surface area contributed by atoms with E-state index in [0.29, 0.717) is 0 Å². The molecule has 11 heteroatoms. The van der Waals surface area contributed by atoms with Gasteiger partial charge in [0.15, 0.2) is 5.69 Å². The lowest BCUT2D eigenvalue weighted by molar-refractivity contribution is -0.138. The van der Waals surface area contributed by atoms with E-state index >= 15 is 0 Å². The van der Waals surface area contributed by atoms with Gasteiger partial charge in [-0.15, -0.1) is 17.5 Å². The third kappa shape index (κ3) is 5.14. The Kier molecular flexibility index (Phi) is 7.25. The highest BCUT2D eigenvalue weighted by atomic mass is 35.5. The summed E-state index contributed by atoms with van der Waals surface area (Å²) in [6.07, 6.45) is -1.26. The number of benzene rings is 1. The monoisotopic (exact) mass is 419 g/mol. The van der Waals surface area contributed by atoms with Crippen LogP contribution < -0.4 is 15.4 Å². The van der Waals surface area contributed by atoms with Crippen molar-refractivity contribution in [2.24, 2.45) is 0 Å². The van der Waals surface area contributed by atoms with Crippen molar-refractivity contribution in [2.75, 3.05) is 20.2 Å². The van der Waals surface area contributed by atoms with E-state index in [4.69, 9.17) is 4.74 Å². The maximum absolute atomic E-state index is 13.2. The molecule has 0 aliphatic carbocycles. The fraction of sp³-hybridized carbons (Fsp3) is 0.471. The summed E-state index contributed by atoms with van der Waals surface area (Å²) in [5.41, 5.74) is -0.821. The summed E-state index contributed by atoms with van der Waals surface area (Å²) in [6.45, 7) is 1.45. The van der Waals surface area contributed by atoms with E-state index in [2.05, 4.69) is 20.9 Å². The number of ether oxygens (including phenoxy) is 1. The minimum absolute atomic E-state index is 0. The van der Waals surface area contributed by atoms with Crippen LogP contribution in [0.15, 0.2) is 24.4 Å². The smallest absolute Gasteiger partial charge is 0.416 e. The molecule has 1 aromatic carbocycles. The molecule has 7 nitrogen and oxygen atoms in total. The first-order valence-electron chi connectivity index (χ1n) is 8.53. The van der Waals surface area contributed by atoms with Crippen molar-refractivity contribution >= 4 is 18.3 Å². The molecule has 0 bridgehead atoms. The summed E-state index contributed by atoms with van der Waals surface area (Å²) in [4.78, 5) is 12.3. The van der Waals surface area contributed by atoms with Crippen LogP contribution in [0.2, 0.25) is 0 Å². The number of hydrogen-bond acceptors (Lipinski definition) is 5. The predicted molar refractivity (Wildman–Crippen MR) is 97.6 cm³/mol. The number of aromatic nitrogens is 3. The highest BCUT2D eigenvalue weighted by molar-refractivity contribution is 5.91. The molecule has 3 rings (SSSR count). The molecular formula is C17H21ClF3N5O2. The summed E-state index contributed by atoms with van der Waals surface area (Å²) >= 11 is 0. The van der Waals surface area contributed by atoms with Gasteiger partial charge in [0.25, 0.3) is 5.91 Å². The normalized spacial score (nSPS) is 15.0. The topological polar surface area (TPSA) is 81.1 Å². The van der Waals surface area contributed by atoms with Crippen molar-refractivity contribution in [2.45, 2.75) is 31.6 Å². The maximum Gasteiger partial charge on any atom is 0.416 e. The van der Waals surface area contributed by atoms with Crippen molar-refractivity contribution < 1.29 is 22.7 Å². The number of carbonyl (C=O) groups is 1. The lowest BCUT2D eigenvalue weighted by atomic mass is 10.1. The van der Waals surface area contributed by atoms with E-state index in [0.717, 1.165) is 32.0 Å². The highest BCUT2D eigenvalue weighted by Crippen LogP contribution is 2.34. The molecule has 2 aromatic rings. The number of nitrogens with one attached hydrogen (secondary N) is 2.